The number of guanidine groups is 1. The lowest BCUT2D eigenvalue weighted by atomic mass is 10.1. The van der Waals surface area contributed by atoms with Gasteiger partial charge >= 0.3 is 0 Å². The van der Waals surface area contributed by atoms with Gasteiger partial charge in [0.25, 0.3) is 0 Å². The number of aliphatic imine (C=N–C) groups is 1. The molecule has 3 N–H and O–H groups in total. The molecule has 0 bridgehead atoms. The van der Waals surface area contributed by atoms with Crippen LogP contribution in [0, 0.1) is 0 Å². The van der Waals surface area contributed by atoms with Crippen molar-refractivity contribution in [1.29, 1.82) is 0 Å². The molecule has 0 fully saturated rings. The maximum absolute atomic E-state index is 5.82. The molecule has 0 aliphatic carbocycles. The van der Waals surface area contributed by atoms with E-state index in [1.807, 2.05) is 0 Å². The summed E-state index contributed by atoms with van der Waals surface area (Å²) in [7, 11) is 0. The molecule has 0 aliphatic heterocycles. The van der Waals surface area contributed by atoms with Gasteiger partial charge in [-0.05, 0) is 25.7 Å². The van der Waals surface area contributed by atoms with Gasteiger partial charge in [0, 0.05) is 13.1 Å². The summed E-state index contributed by atoms with van der Waals surface area (Å²) >= 11 is 0. The van der Waals surface area contributed by atoms with E-state index in [1.165, 1.54) is 51.4 Å². The molecule has 0 saturated carbocycles. The minimum absolute atomic E-state index is 0.607. The highest BCUT2D eigenvalue weighted by molar-refractivity contribution is 5.77. The molecule has 0 aromatic heterocycles. The number of unbranched alkanes of at least 4 members (excludes halogenated alkanes) is 7. The van der Waals surface area contributed by atoms with Crippen molar-refractivity contribution in [3.8, 4) is 0 Å². The molecule has 0 heterocycles. The molecule has 3 heteroatoms. The van der Waals surface area contributed by atoms with Crippen molar-refractivity contribution in [1.82, 2.24) is 5.32 Å². The van der Waals surface area contributed by atoms with E-state index < -0.39 is 0 Å². The van der Waals surface area contributed by atoms with E-state index >= 15 is 0 Å². The fourth-order valence-corrected chi connectivity index (χ4v) is 1.97. The Bertz CT molecular complexity index is 247. The molecule has 0 spiro atoms. The number of hydrogen-bond donors (Lipinski definition) is 2. The molecule has 0 amide bonds. The molecule has 0 atom stereocenters. The van der Waals surface area contributed by atoms with E-state index in [9.17, 15) is 0 Å². The summed E-state index contributed by atoms with van der Waals surface area (Å²) in [5, 5.41) is 3.19. The molecule has 0 radical (unpaired) electrons. The second-order valence-corrected chi connectivity index (χ2v) is 5.36. The summed E-state index contributed by atoms with van der Waals surface area (Å²) in [4.78, 5) is 4.34. The third kappa shape index (κ3) is 15.1. The molecule has 20 heavy (non-hydrogen) atoms. The standard InChI is InChI=1S/C17H35N3/c1-3-5-7-9-10-12-14-16-20-17(18)19-15-13-11-8-6-4-2/h9-10H,3-8,11-16H2,1-2H3,(H3,18,19,20)/b10-9+. The van der Waals surface area contributed by atoms with Gasteiger partial charge in [0.05, 0.1) is 0 Å². The predicted octanol–water partition coefficient (Wildman–Crippen LogP) is 4.39. The second-order valence-electron chi connectivity index (χ2n) is 5.36. The average molecular weight is 281 g/mol. The Morgan fingerprint density at radius 3 is 2.25 bits per heavy atom. The van der Waals surface area contributed by atoms with Gasteiger partial charge in [-0.1, -0.05) is 64.5 Å². The van der Waals surface area contributed by atoms with Crippen LogP contribution in [0.3, 0.4) is 0 Å². The van der Waals surface area contributed by atoms with Crippen LogP contribution in [0.4, 0.5) is 0 Å². The predicted molar refractivity (Wildman–Crippen MR) is 91.2 cm³/mol. The Morgan fingerprint density at radius 1 is 0.900 bits per heavy atom. The third-order valence-corrected chi connectivity index (χ3v) is 3.29. The van der Waals surface area contributed by atoms with Gasteiger partial charge in [0.15, 0.2) is 5.96 Å². The van der Waals surface area contributed by atoms with Crippen LogP contribution in [-0.2, 0) is 0 Å². The molecule has 118 valence electrons. The SMILES string of the molecule is CCCC/C=C/CCCN=C(N)NCCCCCCC. The van der Waals surface area contributed by atoms with Crippen molar-refractivity contribution in [3.05, 3.63) is 12.2 Å². The van der Waals surface area contributed by atoms with Gasteiger partial charge in [0.1, 0.15) is 0 Å². The Labute approximate surface area is 126 Å². The number of nitrogens with one attached hydrogen (secondary N) is 1. The lowest BCUT2D eigenvalue weighted by molar-refractivity contribution is 0.623. The Kier molecular flexibility index (Phi) is 15.3. The van der Waals surface area contributed by atoms with Gasteiger partial charge in [-0.15, -0.1) is 0 Å². The highest BCUT2D eigenvalue weighted by Crippen LogP contribution is 2.01. The van der Waals surface area contributed by atoms with Crippen molar-refractivity contribution < 1.29 is 0 Å². The van der Waals surface area contributed by atoms with E-state index in [2.05, 4.69) is 36.3 Å². The highest BCUT2D eigenvalue weighted by atomic mass is 15.1. The number of nitrogens with zero attached hydrogens (tertiary/aromatic N) is 1. The lowest BCUT2D eigenvalue weighted by Crippen LogP contribution is -2.32. The molecule has 0 aromatic carbocycles. The number of rotatable bonds is 13. The Hall–Kier alpha value is -0.990. The minimum Gasteiger partial charge on any atom is -0.370 e. The van der Waals surface area contributed by atoms with Gasteiger partial charge in [-0.25, -0.2) is 0 Å². The smallest absolute Gasteiger partial charge is 0.188 e. The van der Waals surface area contributed by atoms with Gasteiger partial charge in [-0.2, -0.15) is 0 Å². The van der Waals surface area contributed by atoms with Crippen LogP contribution in [0.1, 0.15) is 78.1 Å². The maximum Gasteiger partial charge on any atom is 0.188 e. The first-order chi connectivity index (χ1) is 9.81. The molecular weight excluding hydrogens is 246 g/mol. The van der Waals surface area contributed by atoms with Gasteiger partial charge in [-0.3, -0.25) is 4.99 Å². The quantitative estimate of drug-likeness (QED) is 0.228. The first kappa shape index (κ1) is 19.0. The molecular formula is C17H35N3. The van der Waals surface area contributed by atoms with Crippen molar-refractivity contribution in [3.63, 3.8) is 0 Å². The summed E-state index contributed by atoms with van der Waals surface area (Å²) in [6.45, 7) is 6.24. The van der Waals surface area contributed by atoms with Crippen LogP contribution in [-0.4, -0.2) is 19.0 Å². The van der Waals surface area contributed by atoms with Crippen LogP contribution in [0.15, 0.2) is 17.1 Å². The lowest BCUT2D eigenvalue weighted by Gasteiger charge is -2.05. The van der Waals surface area contributed by atoms with E-state index in [0.717, 1.165) is 25.9 Å². The van der Waals surface area contributed by atoms with Crippen LogP contribution in [0.25, 0.3) is 0 Å². The van der Waals surface area contributed by atoms with Crippen LogP contribution >= 0.6 is 0 Å². The molecule has 0 saturated heterocycles. The largest absolute Gasteiger partial charge is 0.370 e. The fourth-order valence-electron chi connectivity index (χ4n) is 1.97. The normalized spacial score (nSPS) is 12.2. The monoisotopic (exact) mass is 281 g/mol. The summed E-state index contributed by atoms with van der Waals surface area (Å²) in [5.74, 6) is 0.607. The van der Waals surface area contributed by atoms with E-state index in [4.69, 9.17) is 5.73 Å². The summed E-state index contributed by atoms with van der Waals surface area (Å²) in [5.41, 5.74) is 5.82. The van der Waals surface area contributed by atoms with Gasteiger partial charge < -0.3 is 11.1 Å². The summed E-state index contributed by atoms with van der Waals surface area (Å²) < 4.78 is 0. The average Bonchev–Trinajstić information content (AvgIpc) is 2.45. The Balaban J connectivity index is 3.35. The topological polar surface area (TPSA) is 50.4 Å². The zero-order chi connectivity index (χ0) is 14.9. The van der Waals surface area contributed by atoms with Crippen molar-refractivity contribution >= 4 is 5.96 Å². The van der Waals surface area contributed by atoms with Gasteiger partial charge in [0.2, 0.25) is 0 Å². The number of allylic oxidation sites excluding steroid dienone is 2. The highest BCUT2D eigenvalue weighted by Gasteiger charge is 1.92. The van der Waals surface area contributed by atoms with Crippen molar-refractivity contribution in [2.75, 3.05) is 13.1 Å². The molecule has 0 unspecified atom stereocenters. The molecule has 0 aromatic rings. The van der Waals surface area contributed by atoms with Crippen LogP contribution in [0.5, 0.6) is 0 Å². The van der Waals surface area contributed by atoms with E-state index in [-0.39, 0.29) is 0 Å². The van der Waals surface area contributed by atoms with Crippen LogP contribution < -0.4 is 11.1 Å². The van der Waals surface area contributed by atoms with Crippen molar-refractivity contribution in [2.45, 2.75) is 78.1 Å². The second kappa shape index (κ2) is 16.1. The van der Waals surface area contributed by atoms with Crippen molar-refractivity contribution in [2.24, 2.45) is 10.7 Å². The number of hydrogen-bond acceptors (Lipinski definition) is 1. The van der Waals surface area contributed by atoms with E-state index in [0.29, 0.717) is 5.96 Å². The molecule has 3 nitrogen and oxygen atoms in total. The summed E-state index contributed by atoms with van der Waals surface area (Å²) in [6.07, 6.45) is 17.0. The molecule has 0 aliphatic rings. The number of nitrogens with two attached hydrogens (primary N) is 1. The third-order valence-electron chi connectivity index (χ3n) is 3.29. The zero-order valence-corrected chi connectivity index (χ0v) is 13.7. The Morgan fingerprint density at radius 2 is 1.55 bits per heavy atom. The minimum atomic E-state index is 0.607. The van der Waals surface area contributed by atoms with Crippen LogP contribution in [0.2, 0.25) is 0 Å². The fraction of sp³-hybridized carbons (Fsp3) is 0.824. The first-order valence-corrected chi connectivity index (χ1v) is 8.50. The van der Waals surface area contributed by atoms with E-state index in [1.54, 1.807) is 0 Å². The first-order valence-electron chi connectivity index (χ1n) is 8.50. The molecule has 0 rings (SSSR count). The maximum atomic E-state index is 5.82. The zero-order valence-electron chi connectivity index (χ0n) is 13.7. The summed E-state index contributed by atoms with van der Waals surface area (Å²) in [6, 6.07) is 0.